The molecular formula is C28H72. The molecule has 0 saturated carbocycles. The van der Waals surface area contributed by atoms with Crippen molar-refractivity contribution in [1.29, 1.82) is 0 Å². The van der Waals surface area contributed by atoms with Crippen LogP contribution in [-0.4, -0.2) is 0 Å². The van der Waals surface area contributed by atoms with Gasteiger partial charge in [-0.25, -0.2) is 0 Å². The quantitative estimate of drug-likeness (QED) is 0.404. The van der Waals surface area contributed by atoms with E-state index in [-0.39, 0.29) is 29.7 Å². The van der Waals surface area contributed by atoms with E-state index >= 15 is 0 Å². The highest BCUT2D eigenvalue weighted by Crippen LogP contribution is 2.19. The molecule has 0 aromatic heterocycles. The minimum atomic E-state index is 0. The Morgan fingerprint density at radius 3 is 0.536 bits per heavy atom. The third kappa shape index (κ3) is 162. The fourth-order valence-corrected chi connectivity index (χ4v) is 0.750. The highest BCUT2D eigenvalue weighted by atomic mass is 14.1. The van der Waals surface area contributed by atoms with Crippen LogP contribution in [0.2, 0.25) is 0 Å². The van der Waals surface area contributed by atoms with Gasteiger partial charge in [0.05, 0.1) is 0 Å². The lowest BCUT2D eigenvalue weighted by atomic mass is 9.91. The molecule has 0 aliphatic heterocycles. The highest BCUT2D eigenvalue weighted by molar-refractivity contribution is 4.58. The molecule has 0 aliphatic rings. The summed E-state index contributed by atoms with van der Waals surface area (Å²) in [5.74, 6) is 0. The van der Waals surface area contributed by atoms with Crippen LogP contribution in [0.3, 0.4) is 0 Å². The summed E-state index contributed by atoms with van der Waals surface area (Å²) < 4.78 is 0. The van der Waals surface area contributed by atoms with Gasteiger partial charge in [-0.1, -0.05) is 160 Å². The van der Waals surface area contributed by atoms with Crippen LogP contribution >= 0.6 is 0 Å². The van der Waals surface area contributed by atoms with Crippen molar-refractivity contribution < 1.29 is 0 Å². The van der Waals surface area contributed by atoms with Gasteiger partial charge in [0.15, 0.2) is 0 Å². The molecule has 0 aromatic carbocycles. The van der Waals surface area contributed by atoms with E-state index in [2.05, 4.69) is 111 Å². The number of hydrogen-bond donors (Lipinski definition) is 0. The summed E-state index contributed by atoms with van der Waals surface area (Å²) in [4.78, 5) is 0. The van der Waals surface area contributed by atoms with Crippen LogP contribution < -0.4 is 0 Å². The van der Waals surface area contributed by atoms with Crippen molar-refractivity contribution >= 4 is 0 Å². The molecular weight excluding hydrogens is 336 g/mol. The predicted molar refractivity (Wildman–Crippen MR) is 146 cm³/mol. The molecule has 0 aromatic rings. The van der Waals surface area contributed by atoms with Gasteiger partial charge in [0, 0.05) is 0 Å². The highest BCUT2D eigenvalue weighted by Gasteiger charge is 2.06. The summed E-state index contributed by atoms with van der Waals surface area (Å²) in [6.45, 7) is 35.7. The van der Waals surface area contributed by atoms with Crippen LogP contribution in [0.15, 0.2) is 0 Å². The van der Waals surface area contributed by atoms with Crippen LogP contribution in [0.5, 0.6) is 0 Å². The second-order valence-electron chi connectivity index (χ2n) is 12.1. The summed E-state index contributed by atoms with van der Waals surface area (Å²) >= 11 is 0. The fraction of sp³-hybridized carbons (Fsp3) is 1.00. The van der Waals surface area contributed by atoms with E-state index in [9.17, 15) is 0 Å². The Labute approximate surface area is 188 Å². The number of hydrogen-bond acceptors (Lipinski definition) is 0. The summed E-state index contributed by atoms with van der Waals surface area (Å²) in [7, 11) is 0. The molecule has 0 fully saturated rings. The molecule has 0 bridgehead atoms. The minimum Gasteiger partial charge on any atom is -0.0776 e. The van der Waals surface area contributed by atoms with Gasteiger partial charge in [-0.2, -0.15) is 0 Å². The van der Waals surface area contributed by atoms with E-state index in [0.29, 0.717) is 21.7 Å². The normalized spacial score (nSPS) is 10.3. The van der Waals surface area contributed by atoms with E-state index in [4.69, 9.17) is 0 Å². The predicted octanol–water partition coefficient (Wildman–Crippen LogP) is 12.3. The summed E-state index contributed by atoms with van der Waals surface area (Å²) in [6.07, 6.45) is 5.19. The van der Waals surface area contributed by atoms with Gasteiger partial charge < -0.3 is 0 Å². The average molecular weight is 409 g/mol. The zero-order valence-corrected chi connectivity index (χ0v) is 20.8. The van der Waals surface area contributed by atoms with Gasteiger partial charge in [0.1, 0.15) is 0 Å². The SMILES string of the molecule is C.C.C.C.CC(C)(C)C.CCC(C)(C)C.CCC(C)(C)C.CCCC(C)(C)C. The fourth-order valence-electron chi connectivity index (χ4n) is 0.750. The second-order valence-corrected chi connectivity index (χ2v) is 12.1. The van der Waals surface area contributed by atoms with E-state index in [1.807, 2.05) is 0 Å². The third-order valence-corrected chi connectivity index (χ3v) is 3.12. The van der Waals surface area contributed by atoms with Crippen molar-refractivity contribution in [3.8, 4) is 0 Å². The lowest BCUT2D eigenvalue weighted by molar-refractivity contribution is 0.373. The molecule has 0 radical (unpaired) electrons. The molecule has 0 heteroatoms. The van der Waals surface area contributed by atoms with Crippen molar-refractivity contribution in [2.24, 2.45) is 21.7 Å². The Balaban J connectivity index is -0.0000000305. The van der Waals surface area contributed by atoms with Crippen molar-refractivity contribution in [2.45, 2.75) is 166 Å². The summed E-state index contributed by atoms with van der Waals surface area (Å²) in [5.41, 5.74) is 2.13. The Hall–Kier alpha value is 0. The first-order valence-electron chi connectivity index (χ1n) is 10.2. The van der Waals surface area contributed by atoms with Gasteiger partial charge >= 0.3 is 0 Å². The van der Waals surface area contributed by atoms with Crippen LogP contribution in [0.25, 0.3) is 0 Å². The van der Waals surface area contributed by atoms with Gasteiger partial charge in [0.2, 0.25) is 0 Å². The average Bonchev–Trinajstić information content (AvgIpc) is 2.25. The van der Waals surface area contributed by atoms with E-state index in [0.717, 1.165) is 0 Å². The van der Waals surface area contributed by atoms with Crippen LogP contribution in [-0.2, 0) is 0 Å². The molecule has 0 saturated heterocycles. The maximum Gasteiger partial charge on any atom is -0.0383 e. The van der Waals surface area contributed by atoms with Crippen molar-refractivity contribution in [3.63, 3.8) is 0 Å². The molecule has 0 rings (SSSR count). The third-order valence-electron chi connectivity index (χ3n) is 3.12. The maximum absolute atomic E-state index is 2.27. The number of rotatable bonds is 1. The Morgan fingerprint density at radius 1 is 0.393 bits per heavy atom. The molecule has 28 heavy (non-hydrogen) atoms. The monoisotopic (exact) mass is 409 g/mol. The summed E-state index contributed by atoms with van der Waals surface area (Å²) in [5, 5.41) is 0. The first kappa shape index (κ1) is 51.0. The standard InChI is InChI=1S/C7H16.2C6H14.C5H12.4CH4/c1-5-6-7(2,3)4;2*1-5-6(2,3)4;1-5(2,3)4;;;;/h5-6H2,1-4H3;2*5H2,1-4H3;1-4H3;4*1H4. The van der Waals surface area contributed by atoms with Crippen molar-refractivity contribution in [3.05, 3.63) is 0 Å². The Bertz CT molecular complexity index is 211. The first-order valence-corrected chi connectivity index (χ1v) is 10.2. The second kappa shape index (κ2) is 23.3. The smallest absolute Gasteiger partial charge is 0.0383 e. The molecule has 0 atom stereocenters. The van der Waals surface area contributed by atoms with Crippen LogP contribution in [0, 0.1) is 21.7 Å². The Kier molecular flexibility index (Phi) is 42.4. The molecule has 0 nitrogen and oxygen atoms in total. The van der Waals surface area contributed by atoms with E-state index in [1.165, 1.54) is 25.7 Å². The molecule has 0 unspecified atom stereocenters. The first-order chi connectivity index (χ1) is 10.2. The van der Waals surface area contributed by atoms with Gasteiger partial charge in [-0.05, 0) is 28.1 Å². The van der Waals surface area contributed by atoms with Crippen LogP contribution in [0.1, 0.15) is 166 Å². The Morgan fingerprint density at radius 2 is 0.536 bits per heavy atom. The van der Waals surface area contributed by atoms with E-state index < -0.39 is 0 Å². The zero-order valence-electron chi connectivity index (χ0n) is 20.8. The van der Waals surface area contributed by atoms with Crippen LogP contribution in [0.4, 0.5) is 0 Å². The lowest BCUT2D eigenvalue weighted by Gasteiger charge is -2.15. The molecule has 0 aliphatic carbocycles. The molecule has 0 amide bonds. The molecule has 0 spiro atoms. The largest absolute Gasteiger partial charge is 0.0776 e. The van der Waals surface area contributed by atoms with E-state index in [1.54, 1.807) is 0 Å². The van der Waals surface area contributed by atoms with Gasteiger partial charge in [0.25, 0.3) is 0 Å². The van der Waals surface area contributed by atoms with Gasteiger partial charge in [-0.15, -0.1) is 0 Å². The molecule has 0 N–H and O–H groups in total. The lowest BCUT2D eigenvalue weighted by Crippen LogP contribution is -2.02. The zero-order chi connectivity index (χ0) is 20.8. The molecule has 0 heterocycles. The van der Waals surface area contributed by atoms with Crippen molar-refractivity contribution in [1.82, 2.24) is 0 Å². The molecule has 184 valence electrons. The summed E-state index contributed by atoms with van der Waals surface area (Å²) in [6, 6.07) is 0. The maximum atomic E-state index is 2.27. The minimum absolute atomic E-state index is 0. The van der Waals surface area contributed by atoms with Gasteiger partial charge in [-0.3, -0.25) is 0 Å². The van der Waals surface area contributed by atoms with Crippen molar-refractivity contribution in [2.75, 3.05) is 0 Å². The topological polar surface area (TPSA) is 0 Å².